The largest absolute Gasteiger partial charge is 0.389 e. The number of benzene rings is 2. The van der Waals surface area contributed by atoms with Gasteiger partial charge in [0.05, 0.1) is 29.3 Å². The first-order valence-corrected chi connectivity index (χ1v) is 19.3. The Morgan fingerprint density at radius 3 is 2.23 bits per heavy atom. The smallest absolute Gasteiger partial charge is 0.243 e. The van der Waals surface area contributed by atoms with Crippen LogP contribution in [0.1, 0.15) is 68.2 Å². The molecule has 1 aliphatic carbocycles. The minimum atomic E-state index is -1.27. The van der Waals surface area contributed by atoms with Gasteiger partial charge in [0.1, 0.15) is 12.1 Å². The fourth-order valence-electron chi connectivity index (χ4n) is 6.85. The number of carbonyl (C=O) groups excluding carboxylic acids is 3. The second-order valence-electron chi connectivity index (χ2n) is 14.2. The number of carbonyl (C=O) groups is 3. The number of thiazole rings is 1. The van der Waals surface area contributed by atoms with Crippen molar-refractivity contribution in [3.05, 3.63) is 88.4 Å². The summed E-state index contributed by atoms with van der Waals surface area (Å²) in [4.78, 5) is 50.0. The number of hydrogen-bond acceptors (Lipinski definition) is 8. The molecule has 1 aliphatic rings. The molecule has 10 nitrogen and oxygen atoms in total. The highest BCUT2D eigenvalue weighted by atomic mass is 32.1. The van der Waals surface area contributed by atoms with E-state index in [2.05, 4.69) is 38.6 Å². The minimum Gasteiger partial charge on any atom is -0.389 e. The van der Waals surface area contributed by atoms with Crippen molar-refractivity contribution in [3.63, 3.8) is 0 Å². The maximum Gasteiger partial charge on any atom is 0.243 e. The molecule has 4 rings (SSSR count). The highest BCUT2D eigenvalue weighted by Gasteiger charge is 2.34. The van der Waals surface area contributed by atoms with Crippen molar-refractivity contribution in [2.45, 2.75) is 95.0 Å². The quantitative estimate of drug-likeness (QED) is 0.128. The third kappa shape index (κ3) is 13.5. The molecule has 3 aromatic rings. The van der Waals surface area contributed by atoms with Crippen LogP contribution < -0.4 is 10.6 Å². The zero-order chi connectivity index (χ0) is 37.3. The van der Waals surface area contributed by atoms with Gasteiger partial charge in [0.25, 0.3) is 0 Å². The summed E-state index contributed by atoms with van der Waals surface area (Å²) in [5.74, 6) is 0.870. The molecule has 3 amide bonds. The highest BCUT2D eigenvalue weighted by molar-refractivity contribution is 7.07. The molecule has 1 fully saturated rings. The van der Waals surface area contributed by atoms with E-state index in [0.717, 1.165) is 44.2 Å². The zero-order valence-corrected chi connectivity index (χ0v) is 31.3. The van der Waals surface area contributed by atoms with E-state index in [9.17, 15) is 24.6 Å². The van der Waals surface area contributed by atoms with E-state index in [4.69, 9.17) is 6.42 Å². The summed E-state index contributed by atoms with van der Waals surface area (Å²) in [5.41, 5.74) is 4.40. The van der Waals surface area contributed by atoms with Crippen molar-refractivity contribution < 1.29 is 24.6 Å². The first kappa shape index (κ1) is 40.7. The van der Waals surface area contributed by atoms with Gasteiger partial charge in [0.2, 0.25) is 17.7 Å². The lowest BCUT2D eigenvalue weighted by atomic mass is 9.82. The van der Waals surface area contributed by atoms with Crippen molar-refractivity contribution in [2.75, 3.05) is 27.2 Å². The van der Waals surface area contributed by atoms with Crippen molar-refractivity contribution in [1.82, 2.24) is 25.4 Å². The lowest BCUT2D eigenvalue weighted by Gasteiger charge is -2.33. The first-order valence-electron chi connectivity index (χ1n) is 18.4. The van der Waals surface area contributed by atoms with Gasteiger partial charge in [-0.3, -0.25) is 14.4 Å². The topological polar surface area (TPSA) is 135 Å². The van der Waals surface area contributed by atoms with Crippen LogP contribution in [0, 0.1) is 24.2 Å². The molecule has 0 spiro atoms. The SMILES string of the molecule is C#CCC(O)[C@H](O)C(CC1CCCCC1)NC(=O)[C@H](Cc1cscn1)NC(=O)C(CC(=O)N(C)CCN(C)Cc1ccccc1)Cc1ccccc1. The van der Waals surface area contributed by atoms with Crippen LogP contribution >= 0.6 is 11.3 Å². The van der Waals surface area contributed by atoms with Crippen molar-refractivity contribution in [1.29, 1.82) is 0 Å². The van der Waals surface area contributed by atoms with Crippen molar-refractivity contribution in [2.24, 2.45) is 11.8 Å². The fraction of sp³-hybridized carbons (Fsp3) is 0.512. The summed E-state index contributed by atoms with van der Waals surface area (Å²) < 4.78 is 0. The molecule has 11 heteroatoms. The average Bonchev–Trinajstić information content (AvgIpc) is 3.67. The number of nitrogens with one attached hydrogen (secondary N) is 2. The van der Waals surface area contributed by atoms with Gasteiger partial charge in [-0.2, -0.15) is 0 Å². The maximum absolute atomic E-state index is 14.1. The Balaban J connectivity index is 1.48. The zero-order valence-electron chi connectivity index (χ0n) is 30.5. The van der Waals surface area contributed by atoms with E-state index in [1.165, 1.54) is 16.9 Å². The Labute approximate surface area is 313 Å². The number of aromatic nitrogens is 1. The van der Waals surface area contributed by atoms with Gasteiger partial charge in [-0.15, -0.1) is 23.7 Å². The van der Waals surface area contributed by atoms with E-state index in [0.29, 0.717) is 31.6 Å². The summed E-state index contributed by atoms with van der Waals surface area (Å²) >= 11 is 1.39. The predicted octanol–water partition coefficient (Wildman–Crippen LogP) is 4.21. The predicted molar refractivity (Wildman–Crippen MR) is 205 cm³/mol. The number of aliphatic hydroxyl groups excluding tert-OH is 2. The first-order chi connectivity index (χ1) is 25.1. The van der Waals surface area contributed by atoms with Crippen LogP contribution in [-0.4, -0.2) is 94.2 Å². The minimum absolute atomic E-state index is 0.0357. The number of rotatable bonds is 20. The van der Waals surface area contributed by atoms with Crippen LogP contribution in [0.2, 0.25) is 0 Å². The summed E-state index contributed by atoms with van der Waals surface area (Å²) in [7, 11) is 3.76. The number of terminal acetylenes is 1. The normalized spacial score (nSPS) is 16.2. The Hall–Kier alpha value is -4.08. The van der Waals surface area contributed by atoms with Crippen molar-refractivity contribution >= 4 is 29.1 Å². The number of amides is 3. The molecule has 0 aliphatic heterocycles. The van der Waals surface area contributed by atoms with E-state index >= 15 is 0 Å². The summed E-state index contributed by atoms with van der Waals surface area (Å²) in [6.07, 6.45) is 9.08. The molecule has 0 saturated heterocycles. The van der Waals surface area contributed by atoms with E-state index in [1.54, 1.807) is 17.5 Å². The van der Waals surface area contributed by atoms with Gasteiger partial charge in [0, 0.05) is 51.3 Å². The van der Waals surface area contributed by atoms with Crippen LogP contribution in [-0.2, 0) is 33.8 Å². The Morgan fingerprint density at radius 1 is 0.923 bits per heavy atom. The molecule has 2 aromatic carbocycles. The molecule has 0 bridgehead atoms. The Kier molecular flexibility index (Phi) is 16.8. The molecule has 3 unspecified atom stereocenters. The third-order valence-corrected chi connectivity index (χ3v) is 10.6. The number of nitrogens with zero attached hydrogens (tertiary/aromatic N) is 3. The van der Waals surface area contributed by atoms with Crippen molar-refractivity contribution in [3.8, 4) is 12.3 Å². The van der Waals surface area contributed by atoms with Gasteiger partial charge in [0.15, 0.2) is 0 Å². The number of hydrogen-bond donors (Lipinski definition) is 4. The summed E-state index contributed by atoms with van der Waals surface area (Å²) in [6.45, 7) is 1.91. The Morgan fingerprint density at radius 2 is 1.60 bits per heavy atom. The van der Waals surface area contributed by atoms with Crippen LogP contribution in [0.3, 0.4) is 0 Å². The van der Waals surface area contributed by atoms with E-state index in [1.807, 2.05) is 61.0 Å². The molecule has 4 N–H and O–H groups in total. The monoisotopic (exact) mass is 729 g/mol. The highest BCUT2D eigenvalue weighted by Crippen LogP contribution is 2.29. The second kappa shape index (κ2) is 21.4. The molecular formula is C41H55N5O5S. The summed E-state index contributed by atoms with van der Waals surface area (Å²) in [6, 6.07) is 17.9. The molecule has 1 aromatic heterocycles. The molecule has 0 radical (unpaired) electrons. The van der Waals surface area contributed by atoms with Gasteiger partial charge >= 0.3 is 0 Å². The molecule has 280 valence electrons. The standard InChI is InChI=1S/C41H55N5O5S/c1-4-14-37(47)39(49)35(24-31-17-10-6-11-18-31)43-41(51)36(26-34-28-52-29-42-34)44-40(50)33(23-30-15-8-5-9-16-30)25-38(48)46(3)22-21-45(2)27-32-19-12-7-13-20-32/h1,5,7-9,12-13,15-16,19-20,28-29,31,33,35-37,39,47,49H,6,10-11,14,17-18,21-27H2,2-3H3,(H,43,51)(H,44,50)/t33?,35?,36-,37?,39+/m0/s1. The van der Waals surface area contributed by atoms with E-state index in [-0.39, 0.29) is 31.1 Å². The van der Waals surface area contributed by atoms with Crippen LogP contribution in [0.5, 0.6) is 0 Å². The van der Waals surface area contributed by atoms with Gasteiger partial charge < -0.3 is 30.6 Å². The van der Waals surface area contributed by atoms with Crippen LogP contribution in [0.4, 0.5) is 0 Å². The van der Waals surface area contributed by atoms with Gasteiger partial charge in [-0.05, 0) is 36.9 Å². The molecule has 5 atom stereocenters. The summed E-state index contributed by atoms with van der Waals surface area (Å²) in [5, 5.41) is 29.6. The molecule has 1 heterocycles. The fourth-order valence-corrected chi connectivity index (χ4v) is 7.42. The maximum atomic E-state index is 14.1. The van der Waals surface area contributed by atoms with Gasteiger partial charge in [-0.25, -0.2) is 4.98 Å². The molecular weight excluding hydrogens is 675 g/mol. The lowest BCUT2D eigenvalue weighted by molar-refractivity contribution is -0.137. The van der Waals surface area contributed by atoms with E-state index < -0.39 is 42.0 Å². The average molecular weight is 730 g/mol. The van der Waals surface area contributed by atoms with Crippen LogP contribution in [0.15, 0.2) is 71.6 Å². The number of likely N-dealkylation sites (N-methyl/N-ethyl adjacent to an activating group) is 2. The third-order valence-electron chi connectivity index (χ3n) is 9.96. The molecule has 1 saturated carbocycles. The Bertz CT molecular complexity index is 1540. The second-order valence-corrected chi connectivity index (χ2v) is 14.9. The van der Waals surface area contributed by atoms with Crippen LogP contribution in [0.25, 0.3) is 0 Å². The van der Waals surface area contributed by atoms with Gasteiger partial charge in [-0.1, -0.05) is 92.8 Å². The lowest BCUT2D eigenvalue weighted by Crippen LogP contribution is -2.56. The molecule has 52 heavy (non-hydrogen) atoms. The number of aliphatic hydroxyl groups is 2.